The minimum absolute atomic E-state index is 0.300. The molecular weight excluding hydrogens is 480 g/mol. The van der Waals surface area contributed by atoms with Crippen LogP contribution in [-0.2, 0) is 11.8 Å². The molecule has 2 N–H and O–H groups in total. The second kappa shape index (κ2) is 11.7. The summed E-state index contributed by atoms with van der Waals surface area (Å²) in [6.45, 7) is 7.60. The number of fused-ring (bicyclic) bond motifs is 1. The molecule has 0 unspecified atom stereocenters. The summed E-state index contributed by atoms with van der Waals surface area (Å²) in [4.78, 5) is 25.6. The van der Waals surface area contributed by atoms with Crippen LogP contribution in [0.3, 0.4) is 0 Å². The van der Waals surface area contributed by atoms with Crippen molar-refractivity contribution < 1.29 is 9.53 Å². The highest BCUT2D eigenvalue weighted by Crippen LogP contribution is 2.38. The molecule has 0 saturated carbocycles. The minimum Gasteiger partial charge on any atom is -0.492 e. The molecule has 0 aliphatic rings. The van der Waals surface area contributed by atoms with Gasteiger partial charge in [0.1, 0.15) is 5.75 Å². The summed E-state index contributed by atoms with van der Waals surface area (Å²) in [5.74, 6) is 0.734. The van der Waals surface area contributed by atoms with Crippen molar-refractivity contribution >= 4 is 39.8 Å². The Bertz CT molecular complexity index is 1450. The van der Waals surface area contributed by atoms with Crippen molar-refractivity contribution in [2.24, 2.45) is 7.05 Å². The third-order valence-corrected chi connectivity index (χ3v) is 6.08. The number of carbonyl (C=O) groups excluding carboxylic acids is 1. The number of benzene rings is 2. The van der Waals surface area contributed by atoms with E-state index in [1.165, 1.54) is 6.08 Å². The van der Waals surface area contributed by atoms with Crippen LogP contribution in [0.1, 0.15) is 6.92 Å². The summed E-state index contributed by atoms with van der Waals surface area (Å²) >= 11 is 0. The highest BCUT2D eigenvalue weighted by Gasteiger charge is 2.17. The van der Waals surface area contributed by atoms with Crippen LogP contribution in [0, 0.1) is 0 Å². The Morgan fingerprint density at radius 3 is 2.68 bits per heavy atom. The minimum atomic E-state index is -0.300. The van der Waals surface area contributed by atoms with E-state index in [9.17, 15) is 4.79 Å². The molecular formula is C28H34N8O2. The first-order valence-electron chi connectivity index (χ1n) is 12.4. The number of amides is 1. The summed E-state index contributed by atoms with van der Waals surface area (Å²) in [6.07, 6.45) is 4.80. The third kappa shape index (κ3) is 6.09. The first-order valence-corrected chi connectivity index (χ1v) is 12.4. The van der Waals surface area contributed by atoms with Gasteiger partial charge < -0.3 is 25.2 Å². The molecule has 0 spiro atoms. The zero-order valence-electron chi connectivity index (χ0n) is 22.5. The maximum Gasteiger partial charge on any atom is 0.247 e. The number of ether oxygens (including phenoxy) is 1. The van der Waals surface area contributed by atoms with Crippen LogP contribution in [0.25, 0.3) is 22.2 Å². The zero-order valence-corrected chi connectivity index (χ0v) is 22.5. The monoisotopic (exact) mass is 514 g/mol. The van der Waals surface area contributed by atoms with Crippen LogP contribution >= 0.6 is 0 Å². The molecule has 10 nitrogen and oxygen atoms in total. The van der Waals surface area contributed by atoms with Gasteiger partial charge in [-0.25, -0.2) is 9.97 Å². The van der Waals surface area contributed by atoms with Crippen molar-refractivity contribution in [2.45, 2.75) is 6.92 Å². The van der Waals surface area contributed by atoms with E-state index in [1.54, 1.807) is 6.20 Å². The first kappa shape index (κ1) is 26.6. The molecule has 0 saturated heterocycles. The van der Waals surface area contributed by atoms with E-state index in [2.05, 4.69) is 43.2 Å². The van der Waals surface area contributed by atoms with E-state index >= 15 is 0 Å². The van der Waals surface area contributed by atoms with Gasteiger partial charge in [-0.3, -0.25) is 9.48 Å². The van der Waals surface area contributed by atoms with Crippen LogP contribution in [0.4, 0.5) is 23.0 Å². The van der Waals surface area contributed by atoms with Crippen LogP contribution in [0.2, 0.25) is 0 Å². The van der Waals surface area contributed by atoms with Gasteiger partial charge in [0.05, 0.1) is 41.1 Å². The fourth-order valence-electron chi connectivity index (χ4n) is 4.03. The molecule has 4 aromatic rings. The Morgan fingerprint density at radius 2 is 1.95 bits per heavy atom. The SMILES string of the molecule is C=CC(=O)Nc1cc(Nc2nccc(-c3ccc4c(cnn4C)c3)n2)c(OCC)cc1N(C)CCN(C)C. The lowest BCUT2D eigenvalue weighted by molar-refractivity contribution is -0.111. The number of aryl methyl sites for hydroxylation is 1. The molecule has 198 valence electrons. The van der Waals surface area contributed by atoms with Crippen molar-refractivity contribution in [2.75, 3.05) is 56.4 Å². The van der Waals surface area contributed by atoms with Gasteiger partial charge in [-0.15, -0.1) is 0 Å². The Labute approximate surface area is 222 Å². The number of aromatic nitrogens is 4. The van der Waals surface area contributed by atoms with Crippen molar-refractivity contribution in [1.29, 1.82) is 0 Å². The van der Waals surface area contributed by atoms with E-state index in [-0.39, 0.29) is 5.91 Å². The molecule has 0 fully saturated rings. The van der Waals surface area contributed by atoms with Gasteiger partial charge in [-0.05, 0) is 51.4 Å². The van der Waals surface area contributed by atoms with Crippen molar-refractivity contribution in [3.05, 3.63) is 61.4 Å². The predicted octanol–water partition coefficient (Wildman–Crippen LogP) is 4.29. The molecule has 2 aromatic heterocycles. The van der Waals surface area contributed by atoms with E-state index in [0.717, 1.165) is 40.9 Å². The summed E-state index contributed by atoms with van der Waals surface area (Å²) in [5.41, 5.74) is 4.86. The quantitative estimate of drug-likeness (QED) is 0.286. The molecule has 0 atom stereocenters. The number of carbonyl (C=O) groups is 1. The van der Waals surface area contributed by atoms with Gasteiger partial charge in [0.2, 0.25) is 11.9 Å². The summed E-state index contributed by atoms with van der Waals surface area (Å²) in [5, 5.41) is 11.6. The number of hydrogen-bond donors (Lipinski definition) is 2. The Kier molecular flexibility index (Phi) is 8.22. The van der Waals surface area contributed by atoms with E-state index in [0.29, 0.717) is 29.7 Å². The second-order valence-corrected chi connectivity index (χ2v) is 9.15. The van der Waals surface area contributed by atoms with Gasteiger partial charge in [0, 0.05) is 50.4 Å². The van der Waals surface area contributed by atoms with Gasteiger partial charge in [0.25, 0.3) is 0 Å². The lowest BCUT2D eigenvalue weighted by Crippen LogP contribution is -2.29. The first-order chi connectivity index (χ1) is 18.3. The lowest BCUT2D eigenvalue weighted by Gasteiger charge is -2.26. The molecule has 38 heavy (non-hydrogen) atoms. The van der Waals surface area contributed by atoms with Crippen LogP contribution < -0.4 is 20.3 Å². The molecule has 0 bridgehead atoms. The summed E-state index contributed by atoms with van der Waals surface area (Å²) in [6, 6.07) is 11.7. The fourth-order valence-corrected chi connectivity index (χ4v) is 4.03. The molecule has 0 aliphatic carbocycles. The molecule has 10 heteroatoms. The molecule has 0 aliphatic heterocycles. The van der Waals surface area contributed by atoms with E-state index in [4.69, 9.17) is 9.72 Å². The van der Waals surface area contributed by atoms with Gasteiger partial charge >= 0.3 is 0 Å². The van der Waals surface area contributed by atoms with Crippen LogP contribution in [0.15, 0.2) is 61.4 Å². The maximum atomic E-state index is 12.3. The zero-order chi connectivity index (χ0) is 27.2. The lowest BCUT2D eigenvalue weighted by atomic mass is 10.1. The van der Waals surface area contributed by atoms with Gasteiger partial charge in [0.15, 0.2) is 0 Å². The highest BCUT2D eigenvalue weighted by molar-refractivity contribution is 6.02. The molecule has 4 rings (SSSR count). The normalized spacial score (nSPS) is 11.0. The summed E-state index contributed by atoms with van der Waals surface area (Å²) < 4.78 is 7.82. The average Bonchev–Trinajstić information content (AvgIpc) is 3.28. The number of rotatable bonds is 11. The number of anilines is 4. The van der Waals surface area contributed by atoms with Crippen molar-refractivity contribution in [1.82, 2.24) is 24.6 Å². The second-order valence-electron chi connectivity index (χ2n) is 9.15. The average molecular weight is 515 g/mol. The van der Waals surface area contributed by atoms with Gasteiger partial charge in [-0.2, -0.15) is 5.10 Å². The van der Waals surface area contributed by atoms with Crippen LogP contribution in [0.5, 0.6) is 5.75 Å². The molecule has 2 aromatic carbocycles. The molecule has 1 amide bonds. The van der Waals surface area contributed by atoms with E-state index < -0.39 is 0 Å². The molecule has 2 heterocycles. The Balaban J connectivity index is 1.69. The topological polar surface area (TPSA) is 100 Å². The standard InChI is InChI=1S/C28H34N8O2/c1-7-27(37)31-22-16-23(26(38-8-2)17-25(22)35(5)14-13-34(3)4)33-28-29-12-11-21(32-28)19-9-10-24-20(15-19)18-30-36(24)6/h7,9-12,15-18H,1,8,13-14H2,2-6H3,(H,31,37)(H,29,32,33). The van der Waals surface area contributed by atoms with Crippen LogP contribution in [-0.4, -0.2) is 71.4 Å². The maximum absolute atomic E-state index is 12.3. The number of nitrogens with one attached hydrogen (secondary N) is 2. The smallest absolute Gasteiger partial charge is 0.247 e. The van der Waals surface area contributed by atoms with Crippen molar-refractivity contribution in [3.63, 3.8) is 0 Å². The molecule has 0 radical (unpaired) electrons. The highest BCUT2D eigenvalue weighted by atomic mass is 16.5. The largest absolute Gasteiger partial charge is 0.492 e. The Morgan fingerprint density at radius 1 is 1.13 bits per heavy atom. The fraction of sp³-hybridized carbons (Fsp3) is 0.286. The third-order valence-electron chi connectivity index (χ3n) is 6.08. The number of likely N-dealkylation sites (N-methyl/N-ethyl adjacent to an activating group) is 2. The van der Waals surface area contributed by atoms with Crippen molar-refractivity contribution in [3.8, 4) is 17.0 Å². The van der Waals surface area contributed by atoms with Gasteiger partial charge in [-0.1, -0.05) is 12.6 Å². The number of nitrogens with zero attached hydrogens (tertiary/aromatic N) is 6. The summed E-state index contributed by atoms with van der Waals surface area (Å²) in [7, 11) is 7.95. The van der Waals surface area contributed by atoms with E-state index in [1.807, 2.05) is 76.3 Å². The Hall–Kier alpha value is -4.44. The number of hydrogen-bond acceptors (Lipinski definition) is 8. The predicted molar refractivity (Wildman–Crippen MR) is 153 cm³/mol.